The van der Waals surface area contributed by atoms with Gasteiger partial charge in [-0.1, -0.05) is 0 Å². The van der Waals surface area contributed by atoms with Crippen molar-refractivity contribution in [1.82, 2.24) is 14.5 Å². The Balaban J connectivity index is 1.28. The lowest BCUT2D eigenvalue weighted by Gasteiger charge is -2.36. The Hall–Kier alpha value is -4.03. The van der Waals surface area contributed by atoms with Crippen molar-refractivity contribution in [3.05, 3.63) is 69.1 Å². The molecule has 290 valence electrons. The number of piperidine rings is 2. The molecule has 3 aliphatic heterocycles. The van der Waals surface area contributed by atoms with Crippen LogP contribution in [0.1, 0.15) is 77.7 Å². The van der Waals surface area contributed by atoms with Crippen LogP contribution in [-0.4, -0.2) is 96.2 Å². The fraction of sp³-hybridized carbons (Fsp3) is 0.514. The maximum absolute atomic E-state index is 13.9. The van der Waals surface area contributed by atoms with E-state index in [9.17, 15) is 53.8 Å². The third-order valence-electron chi connectivity index (χ3n) is 9.97. The molecule has 0 bridgehead atoms. The summed E-state index contributed by atoms with van der Waals surface area (Å²) in [6, 6.07) is 5.56. The van der Waals surface area contributed by atoms with Gasteiger partial charge >= 0.3 is 12.4 Å². The van der Waals surface area contributed by atoms with Gasteiger partial charge in [-0.2, -0.15) is 30.6 Å². The monoisotopic (exact) mass is 776 g/mol. The van der Waals surface area contributed by atoms with Crippen molar-refractivity contribution in [2.45, 2.75) is 82.5 Å². The first-order valence-corrected chi connectivity index (χ1v) is 18.2. The molecular formula is C35H39F7N4O6S. The number of rotatable bonds is 8. The van der Waals surface area contributed by atoms with E-state index in [-0.39, 0.29) is 69.2 Å². The summed E-state index contributed by atoms with van der Waals surface area (Å²) in [5.74, 6) is -2.25. The summed E-state index contributed by atoms with van der Waals surface area (Å²) in [5.41, 5.74) is -5.41. The Morgan fingerprint density at radius 2 is 1.57 bits per heavy atom. The second kappa shape index (κ2) is 14.0. The van der Waals surface area contributed by atoms with Gasteiger partial charge in [-0.05, 0) is 106 Å². The fourth-order valence-corrected chi connectivity index (χ4v) is 7.64. The van der Waals surface area contributed by atoms with E-state index in [1.165, 1.54) is 11.0 Å². The molecule has 1 spiro atoms. The summed E-state index contributed by atoms with van der Waals surface area (Å²) in [6.45, 7) is 3.81. The number of sulfonamides is 1. The number of aliphatic imine (C=N–C) groups is 1. The quantitative estimate of drug-likeness (QED) is 0.332. The molecule has 2 aromatic rings. The molecule has 2 fully saturated rings. The number of aliphatic hydroxyl groups is 1. The molecule has 3 aliphatic rings. The zero-order valence-corrected chi connectivity index (χ0v) is 30.1. The number of ether oxygens (including phenoxy) is 1. The number of nitrogens with one attached hydrogen (secondary N) is 1. The van der Waals surface area contributed by atoms with Gasteiger partial charge in [0.05, 0.1) is 11.2 Å². The standard InChI is InChI=1S/C35H39F7N4O6S/c1-21-17-24(29(47)45-12-8-32(49,20-36)9-13-45)18-22(2)25(21)7-16-53(50,51)46-14-10-33(11-15-46)30(48)43-28(44-33)23-5-6-27(26(19-23)34(37,38)39)52-31(3,4)35(40,41)42/h5-7,16-19,49H,8-15,20H2,1-4H3,(H,43,44,48)/b16-7+. The highest BCUT2D eigenvalue weighted by Crippen LogP contribution is 2.42. The van der Waals surface area contributed by atoms with Gasteiger partial charge in [0.15, 0.2) is 5.60 Å². The van der Waals surface area contributed by atoms with E-state index in [0.717, 1.165) is 21.8 Å². The molecule has 0 aromatic heterocycles. The third-order valence-corrected chi connectivity index (χ3v) is 11.5. The number of amidine groups is 1. The molecule has 0 aliphatic carbocycles. The van der Waals surface area contributed by atoms with Crippen molar-refractivity contribution in [3.63, 3.8) is 0 Å². The minimum atomic E-state index is -5.11. The van der Waals surface area contributed by atoms with Gasteiger partial charge in [0, 0.05) is 42.7 Å². The van der Waals surface area contributed by atoms with E-state index in [2.05, 4.69) is 10.3 Å². The second-order valence-corrected chi connectivity index (χ2v) is 16.0. The topological polar surface area (TPSA) is 129 Å². The van der Waals surface area contributed by atoms with E-state index < -0.39 is 63.0 Å². The van der Waals surface area contributed by atoms with Crippen molar-refractivity contribution < 1.29 is 58.6 Å². The lowest BCUT2D eigenvalue weighted by molar-refractivity contribution is -0.236. The third kappa shape index (κ3) is 8.23. The van der Waals surface area contributed by atoms with Crippen LogP contribution in [0.5, 0.6) is 5.75 Å². The van der Waals surface area contributed by atoms with Crippen LogP contribution in [0.25, 0.3) is 6.08 Å². The fourth-order valence-electron chi connectivity index (χ4n) is 6.47. The summed E-state index contributed by atoms with van der Waals surface area (Å²) in [5, 5.41) is 13.6. The number of carbonyl (C=O) groups excluding carboxylic acids is 2. The molecule has 3 heterocycles. The molecule has 0 radical (unpaired) electrons. The lowest BCUT2D eigenvalue weighted by Crippen LogP contribution is -2.50. The zero-order valence-electron chi connectivity index (χ0n) is 29.3. The smallest absolute Gasteiger partial charge is 0.427 e. The number of aryl methyl sites for hydroxylation is 2. The number of likely N-dealkylation sites (tertiary alicyclic amines) is 1. The summed E-state index contributed by atoms with van der Waals surface area (Å²) in [4.78, 5) is 32.1. The van der Waals surface area contributed by atoms with Crippen LogP contribution in [0, 0.1) is 13.8 Å². The minimum absolute atomic E-state index is 0.101. The molecule has 2 saturated heterocycles. The minimum Gasteiger partial charge on any atom is -0.478 e. The van der Waals surface area contributed by atoms with Crippen LogP contribution >= 0.6 is 0 Å². The number of carbonyl (C=O) groups is 2. The maximum atomic E-state index is 13.9. The Morgan fingerprint density at radius 3 is 2.09 bits per heavy atom. The average Bonchev–Trinajstić information content (AvgIpc) is 3.38. The van der Waals surface area contributed by atoms with E-state index in [4.69, 9.17) is 4.74 Å². The van der Waals surface area contributed by atoms with Gasteiger partial charge in [-0.25, -0.2) is 12.8 Å². The van der Waals surface area contributed by atoms with Crippen molar-refractivity contribution >= 4 is 33.7 Å². The predicted octanol–water partition coefficient (Wildman–Crippen LogP) is 5.69. The number of hydrogen-bond acceptors (Lipinski definition) is 7. The first-order valence-electron chi connectivity index (χ1n) is 16.7. The number of amides is 2. The van der Waals surface area contributed by atoms with Gasteiger partial charge in [-0.3, -0.25) is 14.6 Å². The highest BCUT2D eigenvalue weighted by atomic mass is 32.2. The Morgan fingerprint density at radius 1 is 0.981 bits per heavy atom. The van der Waals surface area contributed by atoms with Crippen molar-refractivity contribution in [3.8, 4) is 5.75 Å². The van der Waals surface area contributed by atoms with E-state index in [0.29, 0.717) is 42.2 Å². The van der Waals surface area contributed by atoms with Crippen LogP contribution in [0.15, 0.2) is 40.7 Å². The second-order valence-electron chi connectivity index (χ2n) is 14.2. The van der Waals surface area contributed by atoms with Gasteiger partial charge in [-0.15, -0.1) is 0 Å². The zero-order chi connectivity index (χ0) is 39.4. The maximum Gasteiger partial charge on any atom is 0.427 e. The Labute approximate surface area is 301 Å². The normalized spacial score (nSPS) is 19.8. The molecular weight excluding hydrogens is 737 g/mol. The molecule has 5 rings (SSSR count). The van der Waals surface area contributed by atoms with E-state index in [1.807, 2.05) is 0 Å². The molecule has 10 nitrogen and oxygen atoms in total. The summed E-state index contributed by atoms with van der Waals surface area (Å²) >= 11 is 0. The number of alkyl halides is 7. The molecule has 0 unspecified atom stereocenters. The summed E-state index contributed by atoms with van der Waals surface area (Å²) < 4.78 is 128. The predicted molar refractivity (Wildman–Crippen MR) is 180 cm³/mol. The van der Waals surface area contributed by atoms with Crippen LogP contribution in [-0.2, 0) is 21.0 Å². The number of benzene rings is 2. The average molecular weight is 777 g/mol. The molecule has 2 aromatic carbocycles. The van der Waals surface area contributed by atoms with Crippen LogP contribution in [0.2, 0.25) is 0 Å². The van der Waals surface area contributed by atoms with Crippen LogP contribution < -0.4 is 10.1 Å². The summed E-state index contributed by atoms with van der Waals surface area (Å²) in [6.07, 6.45) is -8.66. The number of halogens is 7. The van der Waals surface area contributed by atoms with Crippen molar-refractivity contribution in [2.24, 2.45) is 4.99 Å². The van der Waals surface area contributed by atoms with Gasteiger partial charge < -0.3 is 20.1 Å². The van der Waals surface area contributed by atoms with Crippen molar-refractivity contribution in [2.75, 3.05) is 32.9 Å². The largest absolute Gasteiger partial charge is 0.478 e. The highest BCUT2D eigenvalue weighted by molar-refractivity contribution is 7.92. The Kier molecular flexibility index (Phi) is 10.6. The molecule has 2 N–H and O–H groups in total. The van der Waals surface area contributed by atoms with Gasteiger partial charge in [0.1, 0.15) is 23.8 Å². The number of hydrogen-bond donors (Lipinski definition) is 2. The molecule has 2 amide bonds. The van der Waals surface area contributed by atoms with Crippen molar-refractivity contribution in [1.29, 1.82) is 0 Å². The molecule has 18 heteroatoms. The van der Waals surface area contributed by atoms with Gasteiger partial charge in [0.25, 0.3) is 11.8 Å². The molecule has 0 atom stereocenters. The van der Waals surface area contributed by atoms with Crippen LogP contribution in [0.3, 0.4) is 0 Å². The first-order chi connectivity index (χ1) is 24.4. The highest BCUT2D eigenvalue weighted by Gasteiger charge is 2.51. The molecule has 53 heavy (non-hydrogen) atoms. The SMILES string of the molecule is Cc1cc(C(=O)N2CCC(O)(CF)CC2)cc(C)c1/C=C/S(=O)(=O)N1CCC2(CC1)N=C(c1ccc(OC(C)(C)C(F)(F)F)c(C(F)(F)F)c1)NC2=O. The van der Waals surface area contributed by atoms with E-state index >= 15 is 0 Å². The van der Waals surface area contributed by atoms with Crippen LogP contribution in [0.4, 0.5) is 30.7 Å². The molecule has 0 saturated carbocycles. The first kappa shape index (κ1) is 40.2. The summed E-state index contributed by atoms with van der Waals surface area (Å²) in [7, 11) is -4.03. The lowest BCUT2D eigenvalue weighted by atomic mass is 9.89. The Bertz CT molecular complexity index is 1920. The number of nitrogens with zero attached hydrogens (tertiary/aromatic N) is 3. The van der Waals surface area contributed by atoms with Gasteiger partial charge in [0.2, 0.25) is 10.0 Å². The van der Waals surface area contributed by atoms with E-state index in [1.54, 1.807) is 26.0 Å².